The average molecular weight is 334 g/mol. The van der Waals surface area contributed by atoms with E-state index in [-0.39, 0.29) is 5.38 Å². The number of alkyl halides is 1. The van der Waals surface area contributed by atoms with Gasteiger partial charge in [-0.25, -0.2) is 0 Å². The van der Waals surface area contributed by atoms with Crippen molar-refractivity contribution in [1.82, 2.24) is 9.78 Å². The SMILES string of the molecule is COCCn1ncc(Br)c1C1=CC(Cl)CCCC1. The summed E-state index contributed by atoms with van der Waals surface area (Å²) in [6.07, 6.45) is 8.55. The molecule has 1 aromatic heterocycles. The Bertz CT molecular complexity index is 431. The minimum absolute atomic E-state index is 0.139. The Morgan fingerprint density at radius 2 is 2.39 bits per heavy atom. The summed E-state index contributed by atoms with van der Waals surface area (Å²) in [5.41, 5.74) is 2.45. The second-order valence-electron chi connectivity index (χ2n) is 4.51. The van der Waals surface area contributed by atoms with Gasteiger partial charge in [-0.1, -0.05) is 12.5 Å². The molecular formula is C13H18BrClN2O. The molecule has 1 aromatic rings. The highest BCUT2D eigenvalue weighted by atomic mass is 79.9. The Morgan fingerprint density at radius 1 is 1.56 bits per heavy atom. The molecule has 1 unspecified atom stereocenters. The minimum atomic E-state index is 0.139. The van der Waals surface area contributed by atoms with Gasteiger partial charge in [0, 0.05) is 7.11 Å². The van der Waals surface area contributed by atoms with Crippen LogP contribution in [0.15, 0.2) is 16.7 Å². The van der Waals surface area contributed by atoms with E-state index in [1.165, 1.54) is 18.4 Å². The van der Waals surface area contributed by atoms with Crippen molar-refractivity contribution in [3.8, 4) is 0 Å². The van der Waals surface area contributed by atoms with Crippen molar-refractivity contribution in [3.63, 3.8) is 0 Å². The van der Waals surface area contributed by atoms with Gasteiger partial charge in [0.15, 0.2) is 0 Å². The number of halogens is 2. The van der Waals surface area contributed by atoms with Crippen LogP contribution in [0.1, 0.15) is 31.4 Å². The Morgan fingerprint density at radius 3 is 3.17 bits per heavy atom. The fraction of sp³-hybridized carbons (Fsp3) is 0.615. The number of aromatic nitrogens is 2. The van der Waals surface area contributed by atoms with Crippen LogP contribution in [0.25, 0.3) is 5.57 Å². The average Bonchev–Trinajstić information content (AvgIpc) is 2.57. The molecule has 2 rings (SSSR count). The van der Waals surface area contributed by atoms with E-state index in [0.717, 1.165) is 29.6 Å². The summed E-state index contributed by atoms with van der Waals surface area (Å²) in [5, 5.41) is 4.53. The van der Waals surface area contributed by atoms with Crippen LogP contribution in [0.3, 0.4) is 0 Å². The number of nitrogens with zero attached hydrogens (tertiary/aromatic N) is 2. The number of rotatable bonds is 4. The lowest BCUT2D eigenvalue weighted by atomic mass is 10.1. The fourth-order valence-electron chi connectivity index (χ4n) is 2.27. The third-order valence-electron chi connectivity index (χ3n) is 3.16. The van der Waals surface area contributed by atoms with Crippen molar-refractivity contribution in [2.24, 2.45) is 0 Å². The topological polar surface area (TPSA) is 27.1 Å². The van der Waals surface area contributed by atoms with E-state index in [1.807, 2.05) is 10.9 Å². The Labute approximate surface area is 121 Å². The lowest BCUT2D eigenvalue weighted by Crippen LogP contribution is -2.09. The molecule has 0 amide bonds. The molecule has 0 aliphatic heterocycles. The van der Waals surface area contributed by atoms with Crippen LogP contribution in [0.4, 0.5) is 0 Å². The zero-order chi connectivity index (χ0) is 13.0. The van der Waals surface area contributed by atoms with Gasteiger partial charge in [0.1, 0.15) is 0 Å². The summed E-state index contributed by atoms with van der Waals surface area (Å²) in [6.45, 7) is 1.43. The Kier molecular flexibility index (Phi) is 5.27. The van der Waals surface area contributed by atoms with E-state index in [4.69, 9.17) is 16.3 Å². The Hall–Kier alpha value is -0.320. The predicted molar refractivity (Wildman–Crippen MR) is 77.9 cm³/mol. The van der Waals surface area contributed by atoms with Crippen LogP contribution >= 0.6 is 27.5 Å². The summed E-state index contributed by atoms with van der Waals surface area (Å²) in [6, 6.07) is 0. The molecule has 3 nitrogen and oxygen atoms in total. The van der Waals surface area contributed by atoms with Gasteiger partial charge in [-0.2, -0.15) is 5.10 Å². The summed E-state index contributed by atoms with van der Waals surface area (Å²) >= 11 is 9.88. The lowest BCUT2D eigenvalue weighted by Gasteiger charge is -2.11. The van der Waals surface area contributed by atoms with Gasteiger partial charge in [-0.15, -0.1) is 11.6 Å². The molecule has 100 valence electrons. The Balaban J connectivity index is 2.27. The first-order valence-corrected chi connectivity index (χ1v) is 7.50. The van der Waals surface area contributed by atoms with Crippen molar-refractivity contribution in [1.29, 1.82) is 0 Å². The molecule has 0 aromatic carbocycles. The number of hydrogen-bond donors (Lipinski definition) is 0. The van der Waals surface area contributed by atoms with Crippen molar-refractivity contribution in [3.05, 3.63) is 22.4 Å². The van der Waals surface area contributed by atoms with Gasteiger partial charge >= 0.3 is 0 Å². The van der Waals surface area contributed by atoms with Crippen LogP contribution in [0.5, 0.6) is 0 Å². The molecule has 1 aliphatic carbocycles. The predicted octanol–water partition coefficient (Wildman–Crippen LogP) is 3.86. The van der Waals surface area contributed by atoms with Gasteiger partial charge in [-0.3, -0.25) is 4.68 Å². The molecule has 1 heterocycles. The van der Waals surface area contributed by atoms with Crippen molar-refractivity contribution >= 4 is 33.1 Å². The van der Waals surface area contributed by atoms with E-state index in [2.05, 4.69) is 27.1 Å². The number of ether oxygens (including phenoxy) is 1. The second kappa shape index (κ2) is 6.73. The third-order valence-corrected chi connectivity index (χ3v) is 4.09. The summed E-state index contributed by atoms with van der Waals surface area (Å²) < 4.78 is 8.15. The van der Waals surface area contributed by atoms with Crippen molar-refractivity contribution in [2.75, 3.05) is 13.7 Å². The van der Waals surface area contributed by atoms with E-state index >= 15 is 0 Å². The number of hydrogen-bond acceptors (Lipinski definition) is 2. The summed E-state index contributed by atoms with van der Waals surface area (Å²) in [4.78, 5) is 0. The van der Waals surface area contributed by atoms with E-state index in [9.17, 15) is 0 Å². The zero-order valence-corrected chi connectivity index (χ0v) is 12.9. The first kappa shape index (κ1) is 14.1. The molecule has 5 heteroatoms. The zero-order valence-electron chi connectivity index (χ0n) is 10.5. The minimum Gasteiger partial charge on any atom is -0.383 e. The molecular weight excluding hydrogens is 316 g/mol. The van der Waals surface area contributed by atoms with E-state index in [1.54, 1.807) is 7.11 Å². The van der Waals surface area contributed by atoms with E-state index < -0.39 is 0 Å². The third kappa shape index (κ3) is 3.37. The molecule has 0 saturated carbocycles. The van der Waals surface area contributed by atoms with Crippen LogP contribution in [-0.4, -0.2) is 28.9 Å². The highest BCUT2D eigenvalue weighted by Gasteiger charge is 2.17. The van der Waals surface area contributed by atoms with Crippen LogP contribution in [0.2, 0.25) is 0 Å². The molecule has 0 saturated heterocycles. The van der Waals surface area contributed by atoms with Gasteiger partial charge in [0.25, 0.3) is 0 Å². The maximum atomic E-state index is 6.30. The number of allylic oxidation sites excluding steroid dienone is 2. The van der Waals surface area contributed by atoms with Gasteiger partial charge in [-0.05, 0) is 40.8 Å². The summed E-state index contributed by atoms with van der Waals surface area (Å²) in [7, 11) is 1.71. The number of methoxy groups -OCH3 is 1. The lowest BCUT2D eigenvalue weighted by molar-refractivity contribution is 0.183. The highest BCUT2D eigenvalue weighted by molar-refractivity contribution is 9.10. The molecule has 0 bridgehead atoms. The first-order valence-electron chi connectivity index (χ1n) is 6.27. The van der Waals surface area contributed by atoms with Crippen molar-refractivity contribution < 1.29 is 4.74 Å². The maximum absolute atomic E-state index is 6.30. The van der Waals surface area contributed by atoms with Gasteiger partial charge in [0.05, 0.1) is 34.9 Å². The van der Waals surface area contributed by atoms with Gasteiger partial charge in [0.2, 0.25) is 0 Å². The molecule has 1 aliphatic rings. The normalized spacial score (nSPS) is 20.6. The molecule has 0 fully saturated rings. The molecule has 0 radical (unpaired) electrons. The second-order valence-corrected chi connectivity index (χ2v) is 5.93. The highest BCUT2D eigenvalue weighted by Crippen LogP contribution is 2.32. The largest absolute Gasteiger partial charge is 0.383 e. The molecule has 0 spiro atoms. The van der Waals surface area contributed by atoms with Crippen LogP contribution in [-0.2, 0) is 11.3 Å². The monoisotopic (exact) mass is 332 g/mol. The van der Waals surface area contributed by atoms with E-state index in [0.29, 0.717) is 6.61 Å². The van der Waals surface area contributed by atoms with Crippen molar-refractivity contribution in [2.45, 2.75) is 37.6 Å². The maximum Gasteiger partial charge on any atom is 0.0782 e. The quantitative estimate of drug-likeness (QED) is 0.782. The molecule has 0 N–H and O–H groups in total. The standard InChI is InChI=1S/C13H18BrClN2O/c1-18-7-6-17-13(12(14)9-16-17)10-4-2-3-5-11(15)8-10/h8-9,11H,2-7H2,1H3. The molecule has 18 heavy (non-hydrogen) atoms. The smallest absolute Gasteiger partial charge is 0.0782 e. The fourth-order valence-corrected chi connectivity index (χ4v) is 3.12. The van der Waals surface area contributed by atoms with Crippen LogP contribution in [0, 0.1) is 0 Å². The molecule has 1 atom stereocenters. The van der Waals surface area contributed by atoms with Crippen LogP contribution < -0.4 is 0 Å². The van der Waals surface area contributed by atoms with Gasteiger partial charge < -0.3 is 4.74 Å². The first-order chi connectivity index (χ1) is 8.72. The summed E-state index contributed by atoms with van der Waals surface area (Å²) in [5.74, 6) is 0.